The zero-order valence-electron chi connectivity index (χ0n) is 50.1. The molecule has 0 aromatic carbocycles. The van der Waals surface area contributed by atoms with Crippen LogP contribution in [0, 0.1) is 11.8 Å². The number of rotatable bonds is 44. The lowest BCUT2D eigenvalue weighted by molar-refractivity contribution is -0.281. The van der Waals surface area contributed by atoms with Gasteiger partial charge in [0.05, 0.1) is 38.1 Å². The summed E-state index contributed by atoms with van der Waals surface area (Å²) in [7, 11) is 0. The number of aliphatic hydroxyl groups excluding tert-OH is 11. The second-order valence-corrected chi connectivity index (χ2v) is 22.6. The Hall–Kier alpha value is -4.64. The lowest BCUT2D eigenvalue weighted by Crippen LogP contribution is -2.82. The fourth-order valence-corrected chi connectivity index (χ4v) is 11.1. The first-order chi connectivity index (χ1) is 40.9. The van der Waals surface area contributed by atoms with Crippen LogP contribution >= 0.6 is 0 Å². The summed E-state index contributed by atoms with van der Waals surface area (Å²) in [6, 6.07) is -3.03. The molecular weight excluding hydrogens is 1140 g/mol. The fraction of sp³-hybridized carbons (Fsp3) is 0.857. The van der Waals surface area contributed by atoms with Gasteiger partial charge in [-0.15, -0.1) is 0 Å². The summed E-state index contributed by atoms with van der Waals surface area (Å²) in [6.45, 7) is 3.97. The van der Waals surface area contributed by atoms with Crippen molar-refractivity contribution < 1.29 is 113 Å². The molecule has 3 rings (SSSR count). The number of amides is 7. The third kappa shape index (κ3) is 22.1. The summed E-state index contributed by atoms with van der Waals surface area (Å²) in [5.41, 5.74) is -3.61. The number of ketones is 1. The van der Waals surface area contributed by atoms with Gasteiger partial charge in [0.1, 0.15) is 53.7 Å². The number of hydrogen-bond acceptors (Lipinski definition) is 23. The molecule has 2 aliphatic carbocycles. The minimum Gasteiger partial charge on any atom is -0.396 e. The minimum absolute atomic E-state index is 0.000173. The monoisotopic (exact) mass is 1240 g/mol. The zero-order chi connectivity index (χ0) is 64.1. The van der Waals surface area contributed by atoms with Crippen molar-refractivity contribution in [2.45, 2.75) is 240 Å². The van der Waals surface area contributed by atoms with E-state index in [4.69, 9.17) is 18.9 Å². The Morgan fingerprint density at radius 2 is 0.965 bits per heavy atom. The largest absolute Gasteiger partial charge is 0.396 e. The molecule has 7 amide bonds. The van der Waals surface area contributed by atoms with Crippen molar-refractivity contribution in [3.05, 3.63) is 0 Å². The van der Waals surface area contributed by atoms with Gasteiger partial charge in [0.15, 0.2) is 24.7 Å². The SMILES string of the molecule is CCC(=O)C(CCCCNC(=O)CCCCCO[C@H](O)[C@@]1(NC(C)=O)C(O)[C@@H](O)C1CO)NC(=O)C(CCCCNC(=O)CCCCCO[C@@H]1OC(CO)[C@H](O)C(O)[C@@H]1NC(C)=O)NC(=O)CCCCCO[C@H](O)[C@@]1(NC(C)=O)C(O)[C@@H](O)C1CO. The number of carbonyl (C=O) groups is 8. The molecule has 0 spiro atoms. The molecule has 30 nitrogen and oxygen atoms in total. The number of hydrogen-bond donors (Lipinski definition) is 18. The van der Waals surface area contributed by atoms with Crippen LogP contribution in [0.3, 0.4) is 0 Å². The quantitative estimate of drug-likeness (QED) is 0.0201. The average molecular weight is 1240 g/mol. The van der Waals surface area contributed by atoms with Gasteiger partial charge in [0.25, 0.3) is 0 Å². The molecule has 0 bridgehead atoms. The summed E-state index contributed by atoms with van der Waals surface area (Å²) < 4.78 is 22.2. The van der Waals surface area contributed by atoms with E-state index in [1.54, 1.807) is 6.92 Å². The lowest BCUT2D eigenvalue weighted by Gasteiger charge is -2.57. The highest BCUT2D eigenvalue weighted by atomic mass is 16.7. The first-order valence-electron chi connectivity index (χ1n) is 30.2. The van der Waals surface area contributed by atoms with Crippen molar-refractivity contribution in [2.24, 2.45) is 11.8 Å². The standard InChI is InChI=1S/C56H99N7O23/c1-5-39(70)37(19-12-14-24-57-42(72)22-10-7-17-27-84-53(81)55(62-33(3)68)35(29-64)45(74)49(55)78)61-51(80)38(60-43(73)23-11-8-18-28-85-54(82)56(63-34(4)69)36(30-65)46(75)50(56)79)20-13-15-25-58-41(71)21-9-6-16-26-83-52-44(59-32(2)67)48(77)47(76)40(31-66)86-52/h35-38,40,44-50,52-54,64-66,74-79,81-82H,5-31H2,1-4H3,(H,57,72)(H,58,71)(H,59,67)(H,60,73)(H,61,80)(H,62,68)(H,63,69)/t35?,36?,37?,38?,40?,44-,45-,46-,47-,48?,49?,50?,52+,53-,54-,55-,56-/m0/s1. The van der Waals surface area contributed by atoms with Crippen LogP contribution in [0.2, 0.25) is 0 Å². The smallest absolute Gasteiger partial charge is 0.243 e. The van der Waals surface area contributed by atoms with E-state index >= 15 is 0 Å². The van der Waals surface area contributed by atoms with Crippen molar-refractivity contribution in [1.29, 1.82) is 0 Å². The molecule has 86 heavy (non-hydrogen) atoms. The molecule has 1 saturated heterocycles. The van der Waals surface area contributed by atoms with Crippen molar-refractivity contribution in [1.82, 2.24) is 37.2 Å². The van der Waals surface area contributed by atoms with Gasteiger partial charge in [0, 0.05) is 91.2 Å². The number of nitrogens with one attached hydrogen (secondary N) is 7. The molecule has 3 fully saturated rings. The van der Waals surface area contributed by atoms with E-state index in [1.807, 2.05) is 0 Å². The molecule has 30 heteroatoms. The maximum absolute atomic E-state index is 13.9. The molecule has 0 aromatic rings. The highest BCUT2D eigenvalue weighted by Gasteiger charge is 2.67. The van der Waals surface area contributed by atoms with Crippen molar-refractivity contribution in [3.8, 4) is 0 Å². The molecule has 1 heterocycles. The zero-order valence-corrected chi connectivity index (χ0v) is 50.1. The predicted octanol–water partition coefficient (Wildman–Crippen LogP) is -4.74. The number of unbranched alkanes of at least 4 members (excludes halogenated alkanes) is 8. The molecule has 3 aliphatic rings. The highest BCUT2D eigenvalue weighted by Crippen LogP contribution is 2.43. The van der Waals surface area contributed by atoms with E-state index in [1.165, 1.54) is 6.92 Å². The van der Waals surface area contributed by atoms with Gasteiger partial charge in [-0.1, -0.05) is 26.2 Å². The summed E-state index contributed by atoms with van der Waals surface area (Å²) in [4.78, 5) is 101. The maximum atomic E-state index is 13.9. The Balaban J connectivity index is 1.47. The molecule has 17 atom stereocenters. The molecule has 2 saturated carbocycles. The normalized spacial score (nSPS) is 28.3. The van der Waals surface area contributed by atoms with Crippen LogP contribution in [0.25, 0.3) is 0 Å². The molecule has 18 N–H and O–H groups in total. The third-order valence-corrected chi connectivity index (χ3v) is 16.1. The lowest BCUT2D eigenvalue weighted by atomic mass is 9.61. The third-order valence-electron chi connectivity index (χ3n) is 16.1. The van der Waals surface area contributed by atoms with Crippen LogP contribution in [0.1, 0.15) is 150 Å². The van der Waals surface area contributed by atoms with Crippen molar-refractivity contribution in [2.75, 3.05) is 52.7 Å². The number of aliphatic hydroxyl groups is 11. The van der Waals surface area contributed by atoms with Gasteiger partial charge in [-0.2, -0.15) is 0 Å². The molecule has 0 aromatic heterocycles. The fourth-order valence-electron chi connectivity index (χ4n) is 11.1. The van der Waals surface area contributed by atoms with Crippen molar-refractivity contribution >= 4 is 47.1 Å². The van der Waals surface area contributed by atoms with Gasteiger partial charge in [0.2, 0.25) is 41.4 Å². The van der Waals surface area contributed by atoms with Crippen LogP contribution in [-0.2, 0) is 57.3 Å². The topological polar surface area (TPSA) is 480 Å². The Kier molecular flexibility index (Phi) is 34.0. The maximum Gasteiger partial charge on any atom is 0.243 e. The minimum atomic E-state index is -1.83. The van der Waals surface area contributed by atoms with Gasteiger partial charge in [-0.05, 0) is 77.0 Å². The molecule has 0 radical (unpaired) electrons. The first-order valence-corrected chi connectivity index (χ1v) is 30.2. The van der Waals surface area contributed by atoms with Crippen LogP contribution in [-0.4, -0.2) is 247 Å². The Morgan fingerprint density at radius 1 is 0.512 bits per heavy atom. The second kappa shape index (κ2) is 38.7. The van der Waals surface area contributed by atoms with E-state index in [-0.39, 0.29) is 89.0 Å². The molecule has 8 unspecified atom stereocenters. The molecule has 1 aliphatic heterocycles. The van der Waals surface area contributed by atoms with E-state index in [9.17, 15) is 94.5 Å². The second-order valence-electron chi connectivity index (χ2n) is 22.6. The highest BCUT2D eigenvalue weighted by molar-refractivity contribution is 5.92. The summed E-state index contributed by atoms with van der Waals surface area (Å²) in [6.07, 6.45) is -7.93. The van der Waals surface area contributed by atoms with E-state index in [2.05, 4.69) is 37.2 Å². The Bertz CT molecular complexity index is 2120. The number of Topliss-reactive ketones (excluding diaryl/α,β-unsaturated/α-hetero) is 1. The van der Waals surface area contributed by atoms with Gasteiger partial charge >= 0.3 is 0 Å². The van der Waals surface area contributed by atoms with Crippen LogP contribution in [0.5, 0.6) is 0 Å². The molecular formula is C56H99N7O23. The van der Waals surface area contributed by atoms with Gasteiger partial charge < -0.3 is 112 Å². The Labute approximate surface area is 501 Å². The van der Waals surface area contributed by atoms with Crippen LogP contribution in [0.4, 0.5) is 0 Å². The summed E-state index contributed by atoms with van der Waals surface area (Å²) in [5.74, 6) is -5.59. The van der Waals surface area contributed by atoms with Crippen LogP contribution < -0.4 is 37.2 Å². The van der Waals surface area contributed by atoms with Gasteiger partial charge in [-0.3, -0.25) is 38.4 Å². The van der Waals surface area contributed by atoms with E-state index in [0.29, 0.717) is 83.5 Å². The van der Waals surface area contributed by atoms with Gasteiger partial charge in [-0.25, -0.2) is 0 Å². The van der Waals surface area contributed by atoms with E-state index in [0.717, 1.165) is 13.8 Å². The number of carbonyl (C=O) groups excluding carboxylic acids is 8. The average Bonchev–Trinajstić information content (AvgIpc) is 0.763. The Morgan fingerprint density at radius 3 is 1.40 bits per heavy atom. The van der Waals surface area contributed by atoms with Crippen molar-refractivity contribution in [3.63, 3.8) is 0 Å². The number of ether oxygens (including phenoxy) is 4. The predicted molar refractivity (Wildman–Crippen MR) is 302 cm³/mol. The van der Waals surface area contributed by atoms with Crippen LogP contribution in [0.15, 0.2) is 0 Å². The molecule has 496 valence electrons. The first kappa shape index (κ1) is 75.6. The van der Waals surface area contributed by atoms with E-state index < -0.39 is 152 Å². The summed E-state index contributed by atoms with van der Waals surface area (Å²) in [5, 5.41) is 131. The summed E-state index contributed by atoms with van der Waals surface area (Å²) >= 11 is 0.